The third kappa shape index (κ3) is 3.40. The van der Waals surface area contributed by atoms with E-state index in [4.69, 9.17) is 16.3 Å². The Balaban J connectivity index is 1.90. The van der Waals surface area contributed by atoms with E-state index in [2.05, 4.69) is 5.32 Å². The zero-order valence-electron chi connectivity index (χ0n) is 15.0. The first-order valence-corrected chi connectivity index (χ1v) is 8.86. The molecule has 0 aromatic heterocycles. The van der Waals surface area contributed by atoms with Gasteiger partial charge in [-0.05, 0) is 41.8 Å². The summed E-state index contributed by atoms with van der Waals surface area (Å²) in [5.74, 6) is -0.807. The minimum Gasteiger partial charge on any atom is -0.465 e. The number of carbonyl (C=O) groups is 3. The van der Waals surface area contributed by atoms with E-state index in [9.17, 15) is 14.4 Å². The number of ether oxygens (including phenoxy) is 1. The number of hydrogen-bond donors (Lipinski definition) is 1. The van der Waals surface area contributed by atoms with Crippen molar-refractivity contribution < 1.29 is 19.1 Å². The Morgan fingerprint density at radius 2 is 1.89 bits per heavy atom. The van der Waals surface area contributed by atoms with Gasteiger partial charge in [0.05, 0.1) is 19.2 Å². The molecule has 2 aromatic rings. The molecule has 2 aromatic carbocycles. The molecule has 0 bridgehead atoms. The molecule has 6 nitrogen and oxygen atoms in total. The second-order valence-electron chi connectivity index (χ2n) is 6.28. The maximum atomic E-state index is 13.2. The number of imide groups is 1. The van der Waals surface area contributed by atoms with Gasteiger partial charge in [-0.15, -0.1) is 0 Å². The molecule has 1 unspecified atom stereocenters. The Kier molecular flexibility index (Phi) is 5.19. The van der Waals surface area contributed by atoms with Crippen molar-refractivity contribution >= 4 is 29.5 Å². The van der Waals surface area contributed by atoms with Crippen LogP contribution in [0.3, 0.4) is 0 Å². The predicted molar refractivity (Wildman–Crippen MR) is 100 cm³/mol. The number of methoxy groups -OCH3 is 1. The molecular formula is C20H19ClN2O4. The van der Waals surface area contributed by atoms with Crippen LogP contribution in [-0.4, -0.2) is 29.9 Å². The van der Waals surface area contributed by atoms with Crippen molar-refractivity contribution in [2.24, 2.45) is 0 Å². The number of hydrogen-bond acceptors (Lipinski definition) is 4. The summed E-state index contributed by atoms with van der Waals surface area (Å²) in [6.45, 7) is 1.90. The second kappa shape index (κ2) is 7.40. The first kappa shape index (κ1) is 18.9. The van der Waals surface area contributed by atoms with Gasteiger partial charge in [0, 0.05) is 5.02 Å². The second-order valence-corrected chi connectivity index (χ2v) is 6.72. The van der Waals surface area contributed by atoms with Crippen molar-refractivity contribution in [2.75, 3.05) is 7.11 Å². The zero-order valence-corrected chi connectivity index (χ0v) is 15.7. The van der Waals surface area contributed by atoms with Gasteiger partial charge >= 0.3 is 12.0 Å². The van der Waals surface area contributed by atoms with Crippen LogP contribution in [0.2, 0.25) is 5.02 Å². The summed E-state index contributed by atoms with van der Waals surface area (Å²) in [4.78, 5) is 38.6. The van der Waals surface area contributed by atoms with Crippen molar-refractivity contribution in [3.05, 3.63) is 70.2 Å². The van der Waals surface area contributed by atoms with Crippen molar-refractivity contribution in [3.63, 3.8) is 0 Å². The molecule has 1 saturated heterocycles. The van der Waals surface area contributed by atoms with Gasteiger partial charge in [0.25, 0.3) is 5.91 Å². The third-order valence-electron chi connectivity index (χ3n) is 4.73. The van der Waals surface area contributed by atoms with E-state index in [1.807, 2.05) is 6.92 Å². The lowest BCUT2D eigenvalue weighted by molar-refractivity contribution is -0.132. The van der Waals surface area contributed by atoms with Gasteiger partial charge in [-0.2, -0.15) is 0 Å². The summed E-state index contributed by atoms with van der Waals surface area (Å²) in [5, 5.41) is 3.38. The van der Waals surface area contributed by atoms with Gasteiger partial charge in [0.1, 0.15) is 5.54 Å². The van der Waals surface area contributed by atoms with Crippen molar-refractivity contribution in [3.8, 4) is 0 Å². The van der Waals surface area contributed by atoms with Crippen LogP contribution < -0.4 is 5.32 Å². The molecule has 140 valence electrons. The van der Waals surface area contributed by atoms with E-state index in [1.54, 1.807) is 48.5 Å². The fourth-order valence-corrected chi connectivity index (χ4v) is 3.37. The largest absolute Gasteiger partial charge is 0.465 e. The molecule has 0 spiro atoms. The van der Waals surface area contributed by atoms with Gasteiger partial charge < -0.3 is 10.1 Å². The number of carbonyl (C=O) groups excluding carboxylic acids is 3. The highest BCUT2D eigenvalue weighted by Gasteiger charge is 2.51. The Hall–Kier alpha value is -2.86. The quantitative estimate of drug-likeness (QED) is 0.630. The Labute approximate surface area is 162 Å². The average Bonchev–Trinajstić information content (AvgIpc) is 2.93. The van der Waals surface area contributed by atoms with E-state index in [1.165, 1.54) is 7.11 Å². The lowest BCUT2D eigenvalue weighted by Crippen LogP contribution is -2.43. The van der Waals surface area contributed by atoms with Gasteiger partial charge in [-0.1, -0.05) is 42.8 Å². The maximum absolute atomic E-state index is 13.2. The van der Waals surface area contributed by atoms with Crippen LogP contribution in [-0.2, 0) is 21.6 Å². The summed E-state index contributed by atoms with van der Waals surface area (Å²) in [6.07, 6.45) is 0.401. The Bertz CT molecular complexity index is 897. The molecule has 1 heterocycles. The molecule has 0 saturated carbocycles. The molecule has 7 heteroatoms. The lowest BCUT2D eigenvalue weighted by atomic mass is 9.87. The molecule has 1 atom stereocenters. The Morgan fingerprint density at radius 3 is 2.52 bits per heavy atom. The van der Waals surface area contributed by atoms with E-state index in [-0.39, 0.29) is 12.5 Å². The standard InChI is InChI=1S/C20H19ClN2O4/c1-3-20(15-7-9-16(21)10-8-15)18(25)23(19(26)22-20)12-13-5-4-6-14(11-13)17(24)27-2/h4-11H,3,12H2,1-2H3,(H,22,26). The highest BCUT2D eigenvalue weighted by atomic mass is 35.5. The number of amides is 3. The van der Waals surface area contributed by atoms with Crippen LogP contribution in [0.15, 0.2) is 48.5 Å². The molecule has 1 N–H and O–H groups in total. The third-order valence-corrected chi connectivity index (χ3v) is 4.98. The molecule has 0 radical (unpaired) electrons. The Morgan fingerprint density at radius 1 is 1.19 bits per heavy atom. The molecule has 1 aliphatic rings. The van der Waals surface area contributed by atoms with Crippen LogP contribution in [0.25, 0.3) is 0 Å². The van der Waals surface area contributed by atoms with Crippen LogP contribution >= 0.6 is 11.6 Å². The summed E-state index contributed by atoms with van der Waals surface area (Å²) in [6, 6.07) is 13.1. The number of urea groups is 1. The van der Waals surface area contributed by atoms with Crippen molar-refractivity contribution in [2.45, 2.75) is 25.4 Å². The van der Waals surface area contributed by atoms with Gasteiger partial charge in [0.15, 0.2) is 0 Å². The predicted octanol–water partition coefficient (Wildman–Crippen LogP) is 3.48. The van der Waals surface area contributed by atoms with E-state index in [0.29, 0.717) is 28.1 Å². The minimum absolute atomic E-state index is 0.0604. The van der Waals surface area contributed by atoms with Crippen LogP contribution in [0, 0.1) is 0 Å². The van der Waals surface area contributed by atoms with E-state index >= 15 is 0 Å². The molecule has 1 fully saturated rings. The molecule has 0 aliphatic carbocycles. The smallest absolute Gasteiger partial charge is 0.337 e. The van der Waals surface area contributed by atoms with Crippen LogP contribution in [0.5, 0.6) is 0 Å². The number of nitrogens with zero attached hydrogens (tertiary/aromatic N) is 1. The number of esters is 1. The zero-order chi connectivity index (χ0) is 19.6. The van der Waals surface area contributed by atoms with E-state index < -0.39 is 17.5 Å². The fraction of sp³-hybridized carbons (Fsp3) is 0.250. The van der Waals surface area contributed by atoms with Crippen molar-refractivity contribution in [1.29, 1.82) is 0 Å². The lowest BCUT2D eigenvalue weighted by Gasteiger charge is -2.26. The average molecular weight is 387 g/mol. The normalized spacial score (nSPS) is 19.1. The summed E-state index contributed by atoms with van der Waals surface area (Å²) in [7, 11) is 1.30. The maximum Gasteiger partial charge on any atom is 0.337 e. The molecule has 3 rings (SSSR count). The highest BCUT2D eigenvalue weighted by Crippen LogP contribution is 2.33. The topological polar surface area (TPSA) is 75.7 Å². The number of nitrogens with one attached hydrogen (secondary N) is 1. The molecule has 3 amide bonds. The molecule has 27 heavy (non-hydrogen) atoms. The summed E-state index contributed by atoms with van der Waals surface area (Å²) in [5.41, 5.74) is 0.575. The first-order valence-electron chi connectivity index (χ1n) is 8.48. The SMILES string of the molecule is CCC1(c2ccc(Cl)cc2)NC(=O)N(Cc2cccc(C(=O)OC)c2)C1=O. The van der Waals surface area contributed by atoms with Gasteiger partial charge in [-0.25, -0.2) is 9.59 Å². The first-order chi connectivity index (χ1) is 12.9. The number of halogens is 1. The number of benzene rings is 2. The minimum atomic E-state index is -1.12. The fourth-order valence-electron chi connectivity index (χ4n) is 3.24. The van der Waals surface area contributed by atoms with Crippen molar-refractivity contribution in [1.82, 2.24) is 10.2 Å². The van der Waals surface area contributed by atoms with E-state index in [0.717, 1.165) is 4.90 Å². The summed E-state index contributed by atoms with van der Waals surface area (Å²) >= 11 is 5.94. The molecule has 1 aliphatic heterocycles. The highest BCUT2D eigenvalue weighted by molar-refractivity contribution is 6.30. The van der Waals surface area contributed by atoms with Crippen LogP contribution in [0.4, 0.5) is 4.79 Å². The molecular weight excluding hydrogens is 368 g/mol. The van der Waals surface area contributed by atoms with Gasteiger partial charge in [-0.3, -0.25) is 9.69 Å². The van der Waals surface area contributed by atoms with Crippen LogP contribution in [0.1, 0.15) is 34.8 Å². The monoisotopic (exact) mass is 386 g/mol. The summed E-state index contributed by atoms with van der Waals surface area (Å²) < 4.78 is 4.71. The number of rotatable bonds is 5. The van der Waals surface area contributed by atoms with Gasteiger partial charge in [0.2, 0.25) is 0 Å².